The van der Waals surface area contributed by atoms with Crippen LogP contribution in [0.15, 0.2) is 78.9 Å². The van der Waals surface area contributed by atoms with E-state index in [2.05, 4.69) is 4.57 Å². The van der Waals surface area contributed by atoms with Crippen molar-refractivity contribution in [1.82, 2.24) is 9.55 Å². The van der Waals surface area contributed by atoms with E-state index in [-0.39, 0.29) is 6.61 Å². The molecule has 4 aromatic rings. The lowest BCUT2D eigenvalue weighted by molar-refractivity contribution is -0.159. The monoisotopic (exact) mass is 478 g/mol. The molecule has 0 radical (unpaired) electrons. The molecule has 182 valence electrons. The van der Waals surface area contributed by atoms with Crippen molar-refractivity contribution in [3.05, 3.63) is 90.3 Å². The number of aliphatic hydroxyl groups excluding tert-OH is 1. The summed E-state index contributed by atoms with van der Waals surface area (Å²) in [6, 6.07) is 25.5. The topological polar surface area (TPSA) is 131 Å². The van der Waals surface area contributed by atoms with Gasteiger partial charge in [0.1, 0.15) is 30.0 Å². The molecule has 0 aliphatic heterocycles. The van der Waals surface area contributed by atoms with Crippen LogP contribution < -0.4 is 9.47 Å². The maximum Gasteiger partial charge on any atom is 0.414 e. The number of benzene rings is 3. The zero-order valence-corrected chi connectivity index (χ0v) is 19.1. The fourth-order valence-electron chi connectivity index (χ4n) is 3.36. The standard InChI is InChI=1S/C24H24N2O3.C2H2O4/c1-28-20-13-11-18(12-14-20)15-24-25-22-9-5-6-10-23(22)26(24)16-19(27)17-29-21-7-3-2-4-8-21;3-1(4)2(5)6/h2-14,19,27H,15-17H2,1H3;(H,3,4)(H,5,6). The largest absolute Gasteiger partial charge is 0.497 e. The number of imidazole rings is 1. The van der Waals surface area contributed by atoms with Gasteiger partial charge in [-0.2, -0.15) is 0 Å². The summed E-state index contributed by atoms with van der Waals surface area (Å²) in [6.07, 6.45) is 0.0210. The van der Waals surface area contributed by atoms with E-state index in [1.165, 1.54) is 0 Å². The molecular weight excluding hydrogens is 452 g/mol. The lowest BCUT2D eigenvalue weighted by Crippen LogP contribution is -2.24. The van der Waals surface area contributed by atoms with Crippen molar-refractivity contribution >= 4 is 23.0 Å². The molecule has 0 fully saturated rings. The molecule has 0 amide bonds. The van der Waals surface area contributed by atoms with E-state index in [1.54, 1.807) is 7.11 Å². The number of hydrogen-bond donors (Lipinski definition) is 3. The number of aliphatic hydroxyl groups is 1. The molecule has 0 saturated carbocycles. The molecule has 1 atom stereocenters. The van der Waals surface area contributed by atoms with Gasteiger partial charge in [0.25, 0.3) is 0 Å². The molecule has 1 unspecified atom stereocenters. The Kier molecular flexibility index (Phi) is 8.80. The van der Waals surface area contributed by atoms with Gasteiger partial charge in [0.2, 0.25) is 0 Å². The smallest absolute Gasteiger partial charge is 0.414 e. The Morgan fingerprint density at radius 2 is 1.51 bits per heavy atom. The molecule has 4 rings (SSSR count). The van der Waals surface area contributed by atoms with Crippen LogP contribution in [0, 0.1) is 0 Å². The zero-order valence-electron chi connectivity index (χ0n) is 19.1. The molecule has 1 heterocycles. The van der Waals surface area contributed by atoms with Gasteiger partial charge in [-0.25, -0.2) is 14.6 Å². The molecule has 3 N–H and O–H groups in total. The van der Waals surface area contributed by atoms with Crippen LogP contribution in [0.2, 0.25) is 0 Å². The van der Waals surface area contributed by atoms with Gasteiger partial charge in [-0.15, -0.1) is 0 Å². The summed E-state index contributed by atoms with van der Waals surface area (Å²) in [5.74, 6) is -1.16. The second-order valence-electron chi connectivity index (χ2n) is 7.54. The molecule has 0 spiro atoms. The number of ether oxygens (including phenoxy) is 2. The second-order valence-corrected chi connectivity index (χ2v) is 7.54. The van der Waals surface area contributed by atoms with Crippen LogP contribution >= 0.6 is 0 Å². The van der Waals surface area contributed by atoms with Crippen molar-refractivity contribution in [3.8, 4) is 11.5 Å². The van der Waals surface area contributed by atoms with E-state index < -0.39 is 18.0 Å². The Morgan fingerprint density at radius 3 is 2.14 bits per heavy atom. The first-order valence-electron chi connectivity index (χ1n) is 10.8. The van der Waals surface area contributed by atoms with Gasteiger partial charge in [-0.05, 0) is 42.0 Å². The maximum absolute atomic E-state index is 10.6. The summed E-state index contributed by atoms with van der Waals surface area (Å²) in [6.45, 7) is 0.636. The van der Waals surface area contributed by atoms with Crippen molar-refractivity contribution in [3.63, 3.8) is 0 Å². The van der Waals surface area contributed by atoms with Crippen molar-refractivity contribution < 1.29 is 34.4 Å². The van der Waals surface area contributed by atoms with Crippen LogP contribution in [0.25, 0.3) is 11.0 Å². The molecule has 35 heavy (non-hydrogen) atoms. The van der Waals surface area contributed by atoms with Gasteiger partial charge in [0.15, 0.2) is 0 Å². The third kappa shape index (κ3) is 7.31. The van der Waals surface area contributed by atoms with Crippen molar-refractivity contribution in [2.45, 2.75) is 19.1 Å². The molecule has 0 aliphatic carbocycles. The molecule has 0 saturated heterocycles. The van der Waals surface area contributed by atoms with Crippen LogP contribution in [-0.4, -0.2) is 56.6 Å². The summed E-state index contributed by atoms with van der Waals surface area (Å²) in [5, 5.41) is 25.4. The van der Waals surface area contributed by atoms with Gasteiger partial charge in [-0.1, -0.05) is 42.5 Å². The van der Waals surface area contributed by atoms with Gasteiger partial charge in [-0.3, -0.25) is 0 Å². The van der Waals surface area contributed by atoms with Gasteiger partial charge < -0.3 is 29.4 Å². The highest BCUT2D eigenvalue weighted by Gasteiger charge is 2.15. The van der Waals surface area contributed by atoms with Crippen LogP contribution in [0.5, 0.6) is 11.5 Å². The average molecular weight is 479 g/mol. The van der Waals surface area contributed by atoms with Crippen LogP contribution in [-0.2, 0) is 22.6 Å². The van der Waals surface area contributed by atoms with Crippen molar-refractivity contribution in [2.24, 2.45) is 0 Å². The summed E-state index contributed by atoms with van der Waals surface area (Å²) in [7, 11) is 1.66. The Balaban J connectivity index is 0.000000509. The Bertz CT molecular complexity index is 1240. The third-order valence-corrected chi connectivity index (χ3v) is 5.02. The molecule has 9 nitrogen and oxygen atoms in total. The van der Waals surface area contributed by atoms with E-state index in [1.807, 2.05) is 78.9 Å². The van der Waals surface area contributed by atoms with E-state index in [0.717, 1.165) is 33.9 Å². The lowest BCUT2D eigenvalue weighted by atomic mass is 10.1. The molecular formula is C26H26N2O7. The minimum Gasteiger partial charge on any atom is -0.497 e. The first-order valence-corrected chi connectivity index (χ1v) is 10.8. The number of para-hydroxylation sites is 3. The minimum atomic E-state index is -1.82. The maximum atomic E-state index is 10.6. The molecule has 0 aliphatic rings. The third-order valence-electron chi connectivity index (χ3n) is 5.02. The number of hydrogen-bond acceptors (Lipinski definition) is 6. The highest BCUT2D eigenvalue weighted by Crippen LogP contribution is 2.21. The second kappa shape index (κ2) is 12.2. The number of carbonyl (C=O) groups is 2. The summed E-state index contributed by atoms with van der Waals surface area (Å²) in [5.41, 5.74) is 3.07. The first-order chi connectivity index (χ1) is 16.9. The van der Waals surface area contributed by atoms with E-state index in [9.17, 15) is 5.11 Å². The number of nitrogens with zero attached hydrogens (tertiary/aromatic N) is 2. The van der Waals surface area contributed by atoms with Gasteiger partial charge in [0, 0.05) is 6.42 Å². The quantitative estimate of drug-likeness (QED) is 0.329. The van der Waals surface area contributed by atoms with Crippen LogP contribution in [0.1, 0.15) is 11.4 Å². The number of carboxylic acids is 2. The van der Waals surface area contributed by atoms with Gasteiger partial charge in [0.05, 0.1) is 24.7 Å². The normalized spacial score (nSPS) is 11.3. The van der Waals surface area contributed by atoms with Crippen LogP contribution in [0.3, 0.4) is 0 Å². The number of fused-ring (bicyclic) bond motifs is 1. The predicted octanol–water partition coefficient (Wildman–Crippen LogP) is 3.23. The molecule has 1 aromatic heterocycles. The van der Waals surface area contributed by atoms with Crippen molar-refractivity contribution in [2.75, 3.05) is 13.7 Å². The number of aliphatic carboxylic acids is 2. The van der Waals surface area contributed by atoms with Gasteiger partial charge >= 0.3 is 11.9 Å². The fourth-order valence-corrected chi connectivity index (χ4v) is 3.36. The zero-order chi connectivity index (χ0) is 25.2. The highest BCUT2D eigenvalue weighted by atomic mass is 16.5. The summed E-state index contributed by atoms with van der Waals surface area (Å²) >= 11 is 0. The summed E-state index contributed by atoms with van der Waals surface area (Å²) in [4.78, 5) is 23.0. The van der Waals surface area contributed by atoms with E-state index >= 15 is 0 Å². The number of aromatic nitrogens is 2. The van der Waals surface area contributed by atoms with E-state index in [4.69, 9.17) is 34.3 Å². The molecule has 9 heteroatoms. The number of carboxylic acid groups (broad SMARTS) is 2. The SMILES string of the molecule is COc1ccc(Cc2nc3ccccc3n2CC(O)COc2ccccc2)cc1.O=C(O)C(=O)O. The fraction of sp³-hybridized carbons (Fsp3) is 0.192. The minimum absolute atomic E-state index is 0.221. The molecule has 0 bridgehead atoms. The summed E-state index contributed by atoms with van der Waals surface area (Å²) < 4.78 is 13.0. The number of methoxy groups -OCH3 is 1. The van der Waals surface area contributed by atoms with E-state index in [0.29, 0.717) is 13.0 Å². The Labute approximate surface area is 201 Å². The Morgan fingerprint density at radius 1 is 0.886 bits per heavy atom. The first kappa shape index (κ1) is 25.3. The highest BCUT2D eigenvalue weighted by molar-refractivity contribution is 6.27. The van der Waals surface area contributed by atoms with Crippen molar-refractivity contribution in [1.29, 1.82) is 0 Å². The predicted molar refractivity (Wildman–Crippen MR) is 129 cm³/mol. The lowest BCUT2D eigenvalue weighted by Gasteiger charge is -2.16. The van der Waals surface area contributed by atoms with Crippen LogP contribution in [0.4, 0.5) is 0 Å². The molecule has 3 aromatic carbocycles. The number of rotatable bonds is 8. The average Bonchev–Trinajstić information content (AvgIpc) is 3.21. The Hall–Kier alpha value is -4.37.